The quantitative estimate of drug-likeness (QED) is 0.887. The number of hydrogen-bond donors (Lipinski definition) is 1. The van der Waals surface area contributed by atoms with E-state index in [0.29, 0.717) is 5.02 Å². The third-order valence-corrected chi connectivity index (χ3v) is 4.55. The number of aliphatic hydroxyl groups is 1. The molecule has 1 aromatic carbocycles. The van der Waals surface area contributed by atoms with E-state index < -0.39 is 6.10 Å². The fraction of sp³-hybridized carbons (Fsp3) is 0.625. The highest BCUT2D eigenvalue weighted by Crippen LogP contribution is 2.30. The van der Waals surface area contributed by atoms with E-state index in [1.54, 1.807) is 6.92 Å². The number of rotatable bonds is 3. The van der Waals surface area contributed by atoms with Gasteiger partial charge in [-0.3, -0.25) is 0 Å². The number of anilines is 1. The van der Waals surface area contributed by atoms with E-state index in [4.69, 9.17) is 11.6 Å². The van der Waals surface area contributed by atoms with Gasteiger partial charge in [-0.1, -0.05) is 31.0 Å². The van der Waals surface area contributed by atoms with Crippen molar-refractivity contribution in [2.45, 2.75) is 45.6 Å². The van der Waals surface area contributed by atoms with Gasteiger partial charge in [0.1, 0.15) is 0 Å². The average Bonchev–Trinajstić information content (AvgIpc) is 2.63. The maximum atomic E-state index is 9.62. The minimum Gasteiger partial charge on any atom is -0.389 e. The molecule has 2 atom stereocenters. The van der Waals surface area contributed by atoms with E-state index in [-0.39, 0.29) is 0 Å². The van der Waals surface area contributed by atoms with Crippen molar-refractivity contribution in [1.82, 2.24) is 0 Å². The maximum absolute atomic E-state index is 9.62. The van der Waals surface area contributed by atoms with Crippen molar-refractivity contribution >= 4 is 17.3 Å². The van der Waals surface area contributed by atoms with Crippen LogP contribution in [0.2, 0.25) is 5.02 Å². The molecule has 1 N–H and O–H groups in total. The van der Waals surface area contributed by atoms with Gasteiger partial charge in [0.2, 0.25) is 0 Å². The topological polar surface area (TPSA) is 23.5 Å². The van der Waals surface area contributed by atoms with Crippen molar-refractivity contribution < 1.29 is 5.11 Å². The summed E-state index contributed by atoms with van der Waals surface area (Å²) in [7, 11) is 0. The number of nitrogens with zero attached hydrogens (tertiary/aromatic N) is 1. The maximum Gasteiger partial charge on any atom is 0.0776 e. The van der Waals surface area contributed by atoms with E-state index in [9.17, 15) is 5.11 Å². The van der Waals surface area contributed by atoms with Gasteiger partial charge in [-0.05, 0) is 49.8 Å². The SMILES string of the molecule is CCC1CCCN(c2ccc(C(C)O)c(Cl)c2)CC1. The highest BCUT2D eigenvalue weighted by molar-refractivity contribution is 6.31. The van der Waals surface area contributed by atoms with Crippen LogP contribution in [0.3, 0.4) is 0 Å². The first-order valence-corrected chi connectivity index (χ1v) is 7.72. The Bertz CT molecular complexity index is 419. The lowest BCUT2D eigenvalue weighted by molar-refractivity contribution is 0.199. The van der Waals surface area contributed by atoms with Crippen molar-refractivity contribution in [2.75, 3.05) is 18.0 Å². The second-order valence-corrected chi connectivity index (χ2v) is 5.98. The molecule has 0 amide bonds. The molecule has 1 aliphatic heterocycles. The molecule has 106 valence electrons. The summed E-state index contributed by atoms with van der Waals surface area (Å²) >= 11 is 6.25. The van der Waals surface area contributed by atoms with Crippen LogP contribution in [0, 0.1) is 5.92 Å². The van der Waals surface area contributed by atoms with Crippen LogP contribution < -0.4 is 4.90 Å². The summed E-state index contributed by atoms with van der Waals surface area (Å²) in [5.74, 6) is 0.872. The van der Waals surface area contributed by atoms with E-state index >= 15 is 0 Å². The molecule has 0 saturated carbocycles. The lowest BCUT2D eigenvalue weighted by Crippen LogP contribution is -2.24. The summed E-state index contributed by atoms with van der Waals surface area (Å²) in [6, 6.07) is 6.03. The van der Waals surface area contributed by atoms with Gasteiger partial charge in [0.25, 0.3) is 0 Å². The Kier molecular flexibility index (Phi) is 5.12. The van der Waals surface area contributed by atoms with E-state index in [2.05, 4.69) is 17.9 Å². The van der Waals surface area contributed by atoms with Crippen molar-refractivity contribution in [3.63, 3.8) is 0 Å². The first-order chi connectivity index (χ1) is 9.11. The smallest absolute Gasteiger partial charge is 0.0776 e. The van der Waals surface area contributed by atoms with E-state index in [1.165, 1.54) is 31.4 Å². The molecular weight excluding hydrogens is 258 g/mol. The Morgan fingerprint density at radius 1 is 1.37 bits per heavy atom. The Morgan fingerprint density at radius 3 is 2.79 bits per heavy atom. The Labute approximate surface area is 121 Å². The predicted molar refractivity (Wildman–Crippen MR) is 81.9 cm³/mol. The fourth-order valence-corrected chi connectivity index (χ4v) is 3.22. The predicted octanol–water partition coefficient (Wildman–Crippen LogP) is 4.41. The molecule has 3 heteroatoms. The van der Waals surface area contributed by atoms with Crippen molar-refractivity contribution in [1.29, 1.82) is 0 Å². The number of hydrogen-bond acceptors (Lipinski definition) is 2. The molecule has 0 spiro atoms. The fourth-order valence-electron chi connectivity index (χ4n) is 2.88. The van der Waals surface area contributed by atoms with Crippen molar-refractivity contribution in [3.8, 4) is 0 Å². The van der Waals surface area contributed by atoms with Gasteiger partial charge < -0.3 is 10.0 Å². The molecule has 1 heterocycles. The normalized spacial score (nSPS) is 22.1. The van der Waals surface area contributed by atoms with E-state index in [0.717, 1.165) is 24.6 Å². The van der Waals surface area contributed by atoms with Gasteiger partial charge in [-0.15, -0.1) is 0 Å². The lowest BCUT2D eigenvalue weighted by atomic mass is 9.98. The molecule has 0 radical (unpaired) electrons. The van der Waals surface area contributed by atoms with Crippen LogP contribution in [0.5, 0.6) is 0 Å². The van der Waals surface area contributed by atoms with Crippen LogP contribution in [-0.2, 0) is 0 Å². The standard InChI is InChI=1S/C16H24ClNO/c1-3-13-5-4-9-18(10-8-13)14-6-7-15(12(2)19)16(17)11-14/h6-7,11-13,19H,3-5,8-10H2,1-2H3. The molecule has 1 aromatic rings. The van der Waals surface area contributed by atoms with Crippen LogP contribution in [0.1, 0.15) is 51.2 Å². The molecule has 1 fully saturated rings. The molecule has 2 rings (SSSR count). The average molecular weight is 282 g/mol. The summed E-state index contributed by atoms with van der Waals surface area (Å²) in [6.07, 6.45) is 4.65. The van der Waals surface area contributed by atoms with Crippen LogP contribution >= 0.6 is 11.6 Å². The number of aliphatic hydroxyl groups excluding tert-OH is 1. The second kappa shape index (κ2) is 6.62. The summed E-state index contributed by atoms with van der Waals surface area (Å²) in [5, 5.41) is 10.3. The molecule has 1 saturated heterocycles. The third kappa shape index (κ3) is 3.64. The van der Waals surface area contributed by atoms with Gasteiger partial charge in [0.15, 0.2) is 0 Å². The monoisotopic (exact) mass is 281 g/mol. The zero-order valence-corrected chi connectivity index (χ0v) is 12.7. The molecule has 2 nitrogen and oxygen atoms in total. The zero-order valence-electron chi connectivity index (χ0n) is 11.9. The molecule has 0 aromatic heterocycles. The molecule has 2 unspecified atom stereocenters. The highest BCUT2D eigenvalue weighted by atomic mass is 35.5. The van der Waals surface area contributed by atoms with Crippen LogP contribution in [-0.4, -0.2) is 18.2 Å². The summed E-state index contributed by atoms with van der Waals surface area (Å²) in [4.78, 5) is 2.42. The first-order valence-electron chi connectivity index (χ1n) is 7.34. The first kappa shape index (κ1) is 14.7. The lowest BCUT2D eigenvalue weighted by Gasteiger charge is -2.24. The highest BCUT2D eigenvalue weighted by Gasteiger charge is 2.17. The van der Waals surface area contributed by atoms with Crippen molar-refractivity contribution in [2.24, 2.45) is 5.92 Å². The summed E-state index contributed by atoms with van der Waals surface area (Å²) < 4.78 is 0. The summed E-state index contributed by atoms with van der Waals surface area (Å²) in [5.41, 5.74) is 2.00. The molecule has 19 heavy (non-hydrogen) atoms. The molecule has 1 aliphatic rings. The summed E-state index contributed by atoms with van der Waals surface area (Å²) in [6.45, 7) is 6.26. The molecule has 0 aliphatic carbocycles. The van der Waals surface area contributed by atoms with Crippen LogP contribution in [0.15, 0.2) is 18.2 Å². The van der Waals surface area contributed by atoms with Crippen LogP contribution in [0.4, 0.5) is 5.69 Å². The minimum absolute atomic E-state index is 0.504. The van der Waals surface area contributed by atoms with Gasteiger partial charge in [0.05, 0.1) is 6.10 Å². The van der Waals surface area contributed by atoms with Gasteiger partial charge in [-0.2, -0.15) is 0 Å². The zero-order chi connectivity index (χ0) is 13.8. The Hall–Kier alpha value is -0.730. The van der Waals surface area contributed by atoms with E-state index in [1.807, 2.05) is 12.1 Å². The Morgan fingerprint density at radius 2 is 2.16 bits per heavy atom. The van der Waals surface area contributed by atoms with Crippen LogP contribution in [0.25, 0.3) is 0 Å². The number of benzene rings is 1. The Balaban J connectivity index is 2.11. The molecular formula is C16H24ClNO. The van der Waals surface area contributed by atoms with Crippen molar-refractivity contribution in [3.05, 3.63) is 28.8 Å². The number of halogens is 1. The van der Waals surface area contributed by atoms with Gasteiger partial charge in [0, 0.05) is 23.8 Å². The van der Waals surface area contributed by atoms with Gasteiger partial charge >= 0.3 is 0 Å². The van der Waals surface area contributed by atoms with Gasteiger partial charge in [-0.25, -0.2) is 0 Å². The third-order valence-electron chi connectivity index (χ3n) is 4.22. The minimum atomic E-state index is -0.504. The second-order valence-electron chi connectivity index (χ2n) is 5.57. The largest absolute Gasteiger partial charge is 0.389 e. The molecule has 0 bridgehead atoms.